The van der Waals surface area contributed by atoms with E-state index in [1.807, 2.05) is 19.0 Å². The first-order valence-corrected chi connectivity index (χ1v) is 10.7. The highest BCUT2D eigenvalue weighted by molar-refractivity contribution is 5.78. The highest BCUT2D eigenvalue weighted by Gasteiger charge is 2.52. The number of amides is 1. The Bertz CT molecular complexity index is 556. The fourth-order valence-corrected chi connectivity index (χ4v) is 5.29. The van der Waals surface area contributed by atoms with Crippen molar-refractivity contribution in [2.24, 2.45) is 11.8 Å². The minimum absolute atomic E-state index is 0.0327. The lowest BCUT2D eigenvalue weighted by Gasteiger charge is -2.42. The number of rotatable bonds is 8. The molecule has 0 bridgehead atoms. The first-order valence-electron chi connectivity index (χ1n) is 10.7. The molecule has 0 aromatic heterocycles. The summed E-state index contributed by atoms with van der Waals surface area (Å²) < 4.78 is 38.1. The average Bonchev–Trinajstić information content (AvgIpc) is 3.00. The summed E-state index contributed by atoms with van der Waals surface area (Å²) in [4.78, 5) is 14.4. The monoisotopic (exact) mass is 418 g/mol. The molecule has 7 nitrogen and oxygen atoms in total. The number of piperidine rings is 1. The molecule has 1 aliphatic carbocycles. The van der Waals surface area contributed by atoms with Crippen LogP contribution in [0.25, 0.3) is 0 Å². The van der Waals surface area contributed by atoms with Gasteiger partial charge < -0.3 is 19.7 Å². The molecular formula is C20H36F2N4O3. The molecule has 0 radical (unpaired) electrons. The lowest BCUT2D eigenvalue weighted by Crippen LogP contribution is -2.57. The summed E-state index contributed by atoms with van der Waals surface area (Å²) >= 11 is 0. The maximum Gasteiger partial charge on any atom is 0.242 e. The minimum Gasteiger partial charge on any atom is -0.379 e. The average molecular weight is 419 g/mol. The van der Waals surface area contributed by atoms with Crippen LogP contribution in [-0.4, -0.2) is 87.1 Å². The van der Waals surface area contributed by atoms with Crippen LogP contribution in [0.15, 0.2) is 0 Å². The van der Waals surface area contributed by atoms with Gasteiger partial charge in [-0.25, -0.2) is 19.2 Å². The Morgan fingerprint density at radius 2 is 1.97 bits per heavy atom. The van der Waals surface area contributed by atoms with Crippen LogP contribution in [0, 0.1) is 11.8 Å². The van der Waals surface area contributed by atoms with Crippen LogP contribution < -0.4 is 10.7 Å². The summed E-state index contributed by atoms with van der Waals surface area (Å²) in [6.07, 6.45) is 1.06. The lowest BCUT2D eigenvalue weighted by atomic mass is 9.79. The SMILES string of the molecule is COC1CCC(NCCCN2C(=O)CC(C(F)F)C3C(C)N(C)NC32)CC1OC. The van der Waals surface area contributed by atoms with Gasteiger partial charge >= 0.3 is 0 Å². The van der Waals surface area contributed by atoms with E-state index in [0.717, 1.165) is 32.2 Å². The van der Waals surface area contributed by atoms with Crippen LogP contribution in [0.3, 0.4) is 0 Å². The van der Waals surface area contributed by atoms with Gasteiger partial charge in [0.15, 0.2) is 0 Å². The largest absolute Gasteiger partial charge is 0.379 e. The molecule has 3 fully saturated rings. The van der Waals surface area contributed by atoms with E-state index in [9.17, 15) is 13.6 Å². The van der Waals surface area contributed by atoms with Crippen LogP contribution in [0.1, 0.15) is 39.0 Å². The van der Waals surface area contributed by atoms with Gasteiger partial charge in [0.1, 0.15) is 0 Å². The molecule has 0 aromatic rings. The van der Waals surface area contributed by atoms with Gasteiger partial charge in [-0.3, -0.25) is 4.79 Å². The molecular weight excluding hydrogens is 382 g/mol. The number of likely N-dealkylation sites (tertiary alicyclic amines) is 1. The van der Waals surface area contributed by atoms with Crippen molar-refractivity contribution in [1.29, 1.82) is 0 Å². The predicted octanol–water partition coefficient (Wildman–Crippen LogP) is 1.44. The Morgan fingerprint density at radius 1 is 1.24 bits per heavy atom. The molecule has 0 aromatic carbocycles. The number of hydrogen-bond acceptors (Lipinski definition) is 6. The maximum absolute atomic E-state index is 13.5. The van der Waals surface area contributed by atoms with Crippen molar-refractivity contribution >= 4 is 5.91 Å². The normalized spacial score (nSPS) is 38.7. The van der Waals surface area contributed by atoms with Crippen LogP contribution >= 0.6 is 0 Å². The Kier molecular flexibility index (Phi) is 7.83. The molecule has 1 saturated carbocycles. The van der Waals surface area contributed by atoms with E-state index in [1.54, 1.807) is 19.1 Å². The number of alkyl halides is 2. The van der Waals surface area contributed by atoms with E-state index >= 15 is 0 Å². The van der Waals surface area contributed by atoms with Gasteiger partial charge in [-0.1, -0.05) is 0 Å². The molecule has 3 aliphatic rings. The summed E-state index contributed by atoms with van der Waals surface area (Å²) in [7, 11) is 5.30. The Morgan fingerprint density at radius 3 is 2.62 bits per heavy atom. The van der Waals surface area contributed by atoms with Crippen molar-refractivity contribution in [3.8, 4) is 0 Å². The van der Waals surface area contributed by atoms with Crippen LogP contribution in [0.4, 0.5) is 8.78 Å². The predicted molar refractivity (Wildman–Crippen MR) is 105 cm³/mol. The Balaban J connectivity index is 1.50. The zero-order chi connectivity index (χ0) is 21.1. The minimum atomic E-state index is -2.47. The highest BCUT2D eigenvalue weighted by atomic mass is 19.3. The van der Waals surface area contributed by atoms with E-state index in [2.05, 4.69) is 10.7 Å². The second-order valence-electron chi connectivity index (χ2n) is 8.66. The number of fused-ring (bicyclic) bond motifs is 1. The number of methoxy groups -OCH3 is 2. The third-order valence-electron chi connectivity index (χ3n) is 7.10. The van der Waals surface area contributed by atoms with Crippen molar-refractivity contribution in [2.75, 3.05) is 34.4 Å². The fraction of sp³-hybridized carbons (Fsp3) is 0.950. The van der Waals surface area contributed by atoms with Crippen LogP contribution in [0.5, 0.6) is 0 Å². The number of ether oxygens (including phenoxy) is 2. The maximum atomic E-state index is 13.5. The van der Waals surface area contributed by atoms with Crippen molar-refractivity contribution < 1.29 is 23.0 Å². The van der Waals surface area contributed by atoms with E-state index in [1.165, 1.54) is 0 Å². The topological polar surface area (TPSA) is 66.1 Å². The Labute approximate surface area is 172 Å². The molecule has 168 valence electrons. The van der Waals surface area contributed by atoms with Gasteiger partial charge in [0, 0.05) is 58.2 Å². The standard InChI is InChI=1S/C20H36F2N4O3/c1-12-18-14(19(21)22)11-17(27)26(20(18)24-25(12)2)9-5-8-23-13-6-7-15(28-3)16(10-13)29-4/h12-16,18-20,23-24H,5-11H2,1-4H3. The van der Waals surface area contributed by atoms with Gasteiger partial charge in [-0.2, -0.15) is 0 Å². The van der Waals surface area contributed by atoms with Crippen LogP contribution in [-0.2, 0) is 14.3 Å². The van der Waals surface area contributed by atoms with Crippen molar-refractivity contribution in [1.82, 2.24) is 20.7 Å². The summed E-state index contributed by atoms with van der Waals surface area (Å²) in [5.74, 6) is -1.31. The number of nitrogens with one attached hydrogen (secondary N) is 2. The second-order valence-corrected chi connectivity index (χ2v) is 8.66. The second kappa shape index (κ2) is 9.96. The molecule has 0 spiro atoms. The van der Waals surface area contributed by atoms with Gasteiger partial charge in [-0.05, 0) is 39.2 Å². The van der Waals surface area contributed by atoms with E-state index in [-0.39, 0.29) is 42.7 Å². The van der Waals surface area contributed by atoms with Gasteiger partial charge in [0.25, 0.3) is 0 Å². The molecule has 2 saturated heterocycles. The molecule has 2 aliphatic heterocycles. The summed E-state index contributed by atoms with van der Waals surface area (Å²) in [6, 6.07) is 0.338. The number of nitrogens with zero attached hydrogens (tertiary/aromatic N) is 2. The van der Waals surface area contributed by atoms with Gasteiger partial charge in [0.2, 0.25) is 12.3 Å². The lowest BCUT2D eigenvalue weighted by molar-refractivity contribution is -0.146. The van der Waals surface area contributed by atoms with E-state index in [0.29, 0.717) is 12.6 Å². The van der Waals surface area contributed by atoms with Crippen molar-refractivity contribution in [2.45, 2.75) is 75.9 Å². The van der Waals surface area contributed by atoms with Crippen molar-refractivity contribution in [3.05, 3.63) is 0 Å². The highest BCUT2D eigenvalue weighted by Crippen LogP contribution is 2.39. The molecule has 1 amide bonds. The number of carbonyl (C=O) groups is 1. The third-order valence-corrected chi connectivity index (χ3v) is 7.10. The fourth-order valence-electron chi connectivity index (χ4n) is 5.29. The molecule has 2 N–H and O–H groups in total. The summed E-state index contributed by atoms with van der Waals surface area (Å²) in [6.45, 7) is 3.30. The number of halogens is 2. The molecule has 7 atom stereocenters. The molecule has 2 heterocycles. The van der Waals surface area contributed by atoms with Crippen molar-refractivity contribution in [3.63, 3.8) is 0 Å². The summed E-state index contributed by atoms with van der Waals surface area (Å²) in [5, 5.41) is 5.43. The Hall–Kier alpha value is -0.870. The zero-order valence-electron chi connectivity index (χ0n) is 17.9. The smallest absolute Gasteiger partial charge is 0.242 e. The number of hydrogen-bond donors (Lipinski definition) is 2. The summed E-state index contributed by atoms with van der Waals surface area (Å²) in [5.41, 5.74) is 3.24. The van der Waals surface area contributed by atoms with E-state index in [4.69, 9.17) is 9.47 Å². The quantitative estimate of drug-likeness (QED) is 0.582. The zero-order valence-corrected chi connectivity index (χ0v) is 17.9. The molecule has 29 heavy (non-hydrogen) atoms. The number of carbonyl (C=O) groups excluding carboxylic acids is 1. The first-order chi connectivity index (χ1) is 13.9. The van der Waals surface area contributed by atoms with Crippen LogP contribution in [0.2, 0.25) is 0 Å². The van der Waals surface area contributed by atoms with Gasteiger partial charge in [0.05, 0.1) is 18.4 Å². The molecule has 3 rings (SSSR count). The molecule has 9 heteroatoms. The molecule has 7 unspecified atom stereocenters. The first kappa shape index (κ1) is 22.8. The van der Waals surface area contributed by atoms with E-state index < -0.39 is 12.3 Å². The third kappa shape index (κ3) is 4.90. The number of hydrazine groups is 1. The van der Waals surface area contributed by atoms with Gasteiger partial charge in [-0.15, -0.1) is 0 Å².